The van der Waals surface area contributed by atoms with E-state index in [4.69, 9.17) is 0 Å². The smallest absolute Gasteiger partial charge is 0.274 e. The molecule has 32 heavy (non-hydrogen) atoms. The van der Waals surface area contributed by atoms with Crippen molar-refractivity contribution in [1.29, 1.82) is 0 Å². The van der Waals surface area contributed by atoms with E-state index in [2.05, 4.69) is 15.0 Å². The summed E-state index contributed by atoms with van der Waals surface area (Å²) in [5, 5.41) is 1.57. The van der Waals surface area contributed by atoms with Gasteiger partial charge in [0, 0.05) is 41.9 Å². The van der Waals surface area contributed by atoms with Gasteiger partial charge in [0.25, 0.3) is 5.91 Å². The van der Waals surface area contributed by atoms with E-state index >= 15 is 0 Å². The Hall–Kier alpha value is -3.13. The number of nitrogens with zero attached hydrogens (tertiary/aromatic N) is 3. The first-order valence-corrected chi connectivity index (χ1v) is 11.4. The molecule has 5 nitrogen and oxygen atoms in total. The minimum absolute atomic E-state index is 0.161. The zero-order valence-electron chi connectivity index (χ0n) is 17.6. The van der Waals surface area contributed by atoms with Gasteiger partial charge in [0.1, 0.15) is 17.3 Å². The molecule has 1 amide bonds. The number of rotatable bonds is 7. The van der Waals surface area contributed by atoms with Gasteiger partial charge in [0.05, 0.1) is 16.1 Å². The van der Waals surface area contributed by atoms with E-state index in [0.717, 1.165) is 40.5 Å². The largest absolute Gasteiger partial charge is 0.361 e. The summed E-state index contributed by atoms with van der Waals surface area (Å²) in [6, 6.07) is 6.05. The Labute approximate surface area is 188 Å². The van der Waals surface area contributed by atoms with Gasteiger partial charge in [0.15, 0.2) is 0 Å². The van der Waals surface area contributed by atoms with Crippen LogP contribution in [-0.4, -0.2) is 38.8 Å². The molecule has 0 radical (unpaired) electrons. The fourth-order valence-electron chi connectivity index (χ4n) is 3.95. The van der Waals surface area contributed by atoms with E-state index in [1.54, 1.807) is 12.3 Å². The summed E-state index contributed by atoms with van der Waals surface area (Å²) < 4.78 is 27.5. The van der Waals surface area contributed by atoms with E-state index in [1.807, 2.05) is 18.0 Å². The number of aromatic amines is 1. The number of thiazole rings is 1. The van der Waals surface area contributed by atoms with Crippen LogP contribution >= 0.6 is 11.3 Å². The molecule has 164 valence electrons. The number of amides is 1. The fourth-order valence-corrected chi connectivity index (χ4v) is 4.85. The van der Waals surface area contributed by atoms with Gasteiger partial charge >= 0.3 is 0 Å². The zero-order chi connectivity index (χ0) is 22.2. The van der Waals surface area contributed by atoms with Crippen molar-refractivity contribution in [2.45, 2.75) is 26.2 Å². The van der Waals surface area contributed by atoms with Crippen molar-refractivity contribution < 1.29 is 13.6 Å². The molecule has 0 aliphatic heterocycles. The molecule has 1 saturated carbocycles. The van der Waals surface area contributed by atoms with Crippen molar-refractivity contribution in [3.8, 4) is 10.4 Å². The number of aromatic nitrogens is 3. The first-order valence-electron chi connectivity index (χ1n) is 10.6. The molecule has 0 unspecified atom stereocenters. The van der Waals surface area contributed by atoms with Crippen molar-refractivity contribution >= 4 is 28.1 Å². The highest BCUT2D eigenvalue weighted by Crippen LogP contribution is 2.34. The number of pyridine rings is 1. The topological polar surface area (TPSA) is 61.9 Å². The highest BCUT2D eigenvalue weighted by Gasteiger charge is 2.30. The number of aryl methyl sites for hydroxylation is 1. The zero-order valence-corrected chi connectivity index (χ0v) is 18.4. The van der Waals surface area contributed by atoms with Crippen LogP contribution in [-0.2, 0) is 6.42 Å². The first-order chi connectivity index (χ1) is 15.5. The number of fused-ring (bicyclic) bond motifs is 1. The lowest BCUT2D eigenvalue weighted by Crippen LogP contribution is -2.35. The molecule has 8 heteroatoms. The molecule has 1 aliphatic rings. The molecule has 1 aromatic carbocycles. The molecule has 3 heterocycles. The third kappa shape index (κ3) is 4.27. The second-order valence-corrected chi connectivity index (χ2v) is 9.45. The van der Waals surface area contributed by atoms with Gasteiger partial charge in [-0.3, -0.25) is 9.78 Å². The maximum absolute atomic E-state index is 13.8. The number of H-pyrrole nitrogens is 1. The highest BCUT2D eigenvalue weighted by atomic mass is 32.1. The second-order valence-electron chi connectivity index (χ2n) is 8.25. The van der Waals surface area contributed by atoms with Crippen LogP contribution in [0.5, 0.6) is 0 Å². The maximum Gasteiger partial charge on any atom is 0.274 e. The van der Waals surface area contributed by atoms with E-state index in [9.17, 15) is 13.6 Å². The van der Waals surface area contributed by atoms with Gasteiger partial charge in [-0.1, -0.05) is 0 Å². The van der Waals surface area contributed by atoms with Crippen LogP contribution < -0.4 is 0 Å². The lowest BCUT2D eigenvalue weighted by Gasteiger charge is -2.22. The van der Waals surface area contributed by atoms with Crippen molar-refractivity contribution in [2.75, 3.05) is 13.1 Å². The Morgan fingerprint density at radius 1 is 1.22 bits per heavy atom. The van der Waals surface area contributed by atoms with E-state index in [0.29, 0.717) is 41.6 Å². The molecule has 1 fully saturated rings. The molecule has 4 aromatic rings. The van der Waals surface area contributed by atoms with Crippen molar-refractivity contribution in [3.63, 3.8) is 0 Å². The average molecular weight is 453 g/mol. The first kappa shape index (κ1) is 20.8. The molecular formula is C24H22F2N4OS. The minimum Gasteiger partial charge on any atom is -0.361 e. The van der Waals surface area contributed by atoms with Crippen molar-refractivity contribution in [2.24, 2.45) is 5.92 Å². The van der Waals surface area contributed by atoms with Crippen molar-refractivity contribution in [1.82, 2.24) is 19.9 Å². The SMILES string of the molecule is Cc1nc(C(=O)N(CCc2c[nH]c3ccc(F)cc23)CC2CC2)c(-c2cncc(F)c2)s1. The number of nitrogens with one attached hydrogen (secondary N) is 1. The number of hydrogen-bond donors (Lipinski definition) is 1. The standard InChI is InChI=1S/C24H22F2N4OS/c1-14-29-22(23(32-14)17-8-19(26)12-27-10-17)24(31)30(13-15-2-3-15)7-6-16-11-28-21-5-4-18(25)9-20(16)21/h4-5,8-12,15,28H,2-3,6-7,13H2,1H3. The highest BCUT2D eigenvalue weighted by molar-refractivity contribution is 7.15. The third-order valence-electron chi connectivity index (χ3n) is 5.75. The summed E-state index contributed by atoms with van der Waals surface area (Å²) in [5.41, 5.74) is 2.73. The predicted molar refractivity (Wildman–Crippen MR) is 121 cm³/mol. The Balaban J connectivity index is 1.42. The molecule has 0 bridgehead atoms. The van der Waals surface area contributed by atoms with Crippen LogP contribution in [0.1, 0.15) is 33.9 Å². The Kier molecular flexibility index (Phi) is 5.46. The van der Waals surface area contributed by atoms with Crippen molar-refractivity contribution in [3.05, 3.63) is 70.8 Å². The van der Waals surface area contributed by atoms with E-state index in [1.165, 1.54) is 29.5 Å². The molecular weight excluding hydrogens is 430 g/mol. The van der Waals surface area contributed by atoms with E-state index < -0.39 is 5.82 Å². The summed E-state index contributed by atoms with van der Waals surface area (Å²) in [4.78, 5) is 27.6. The lowest BCUT2D eigenvalue weighted by atomic mass is 10.1. The maximum atomic E-state index is 13.8. The van der Waals surface area contributed by atoms with Gasteiger partial charge in [-0.2, -0.15) is 0 Å². The summed E-state index contributed by atoms with van der Waals surface area (Å²) in [6.07, 6.45) is 7.39. The third-order valence-corrected chi connectivity index (χ3v) is 6.77. The summed E-state index contributed by atoms with van der Waals surface area (Å²) in [7, 11) is 0. The Morgan fingerprint density at radius 2 is 2.06 bits per heavy atom. The minimum atomic E-state index is -0.451. The van der Waals surface area contributed by atoms with Gasteiger partial charge in [-0.05, 0) is 61.9 Å². The monoisotopic (exact) mass is 452 g/mol. The van der Waals surface area contributed by atoms with Crippen LogP contribution in [0.15, 0.2) is 42.9 Å². The molecule has 0 saturated heterocycles. The Bertz CT molecular complexity index is 1290. The lowest BCUT2D eigenvalue weighted by molar-refractivity contribution is 0.0745. The van der Waals surface area contributed by atoms with Crippen LogP contribution in [0.2, 0.25) is 0 Å². The average Bonchev–Trinajstić information content (AvgIpc) is 3.38. The van der Waals surface area contributed by atoms with Gasteiger partial charge in [-0.15, -0.1) is 11.3 Å². The number of halogens is 2. The van der Waals surface area contributed by atoms with Crippen LogP contribution in [0, 0.1) is 24.5 Å². The van der Waals surface area contributed by atoms with Crippen LogP contribution in [0.25, 0.3) is 21.3 Å². The molecule has 3 aromatic heterocycles. The molecule has 1 N–H and O–H groups in total. The predicted octanol–water partition coefficient (Wildman–Crippen LogP) is 5.37. The number of carbonyl (C=O) groups excluding carboxylic acids is 1. The van der Waals surface area contributed by atoms with Gasteiger partial charge < -0.3 is 9.88 Å². The van der Waals surface area contributed by atoms with Crippen LogP contribution in [0.3, 0.4) is 0 Å². The molecule has 0 atom stereocenters. The van der Waals surface area contributed by atoms with Crippen LogP contribution in [0.4, 0.5) is 8.78 Å². The normalized spacial score (nSPS) is 13.6. The number of carbonyl (C=O) groups is 1. The quantitative estimate of drug-likeness (QED) is 0.410. The van der Waals surface area contributed by atoms with E-state index in [-0.39, 0.29) is 11.7 Å². The number of hydrogen-bond acceptors (Lipinski definition) is 4. The summed E-state index contributed by atoms with van der Waals surface area (Å²) in [6.45, 7) is 2.99. The molecule has 0 spiro atoms. The molecule has 1 aliphatic carbocycles. The van der Waals surface area contributed by atoms with Gasteiger partial charge in [-0.25, -0.2) is 13.8 Å². The summed E-state index contributed by atoms with van der Waals surface area (Å²) >= 11 is 1.36. The number of benzene rings is 1. The Morgan fingerprint density at radius 3 is 2.84 bits per heavy atom. The van der Waals surface area contributed by atoms with Gasteiger partial charge in [0.2, 0.25) is 0 Å². The second kappa shape index (κ2) is 8.43. The fraction of sp³-hybridized carbons (Fsp3) is 0.292. The summed E-state index contributed by atoms with van der Waals surface area (Å²) in [5.74, 6) is -0.395. The molecule has 5 rings (SSSR count).